The van der Waals surface area contributed by atoms with E-state index >= 15 is 0 Å². The molecule has 2 N–H and O–H groups in total. The molecule has 0 aliphatic carbocycles. The van der Waals surface area contributed by atoms with E-state index in [1.54, 1.807) is 6.07 Å². The fourth-order valence-electron chi connectivity index (χ4n) is 1.65. The van der Waals surface area contributed by atoms with Crippen LogP contribution in [0.15, 0.2) is 18.2 Å². The van der Waals surface area contributed by atoms with Gasteiger partial charge < -0.3 is 5.73 Å². The molecule has 0 fully saturated rings. The molecule has 1 aromatic carbocycles. The Hall–Kier alpha value is -0.930. The summed E-state index contributed by atoms with van der Waals surface area (Å²) in [5.41, 5.74) is 6.80. The van der Waals surface area contributed by atoms with Crippen molar-refractivity contribution in [3.05, 3.63) is 35.1 Å². The number of halogens is 1. The molecule has 1 rings (SSSR count). The van der Waals surface area contributed by atoms with Crippen LogP contribution >= 0.6 is 0 Å². The average Bonchev–Trinajstić information content (AvgIpc) is 2.30. The van der Waals surface area contributed by atoms with Crippen LogP contribution in [-0.2, 0) is 13.1 Å². The third-order valence-corrected chi connectivity index (χ3v) is 3.14. The summed E-state index contributed by atoms with van der Waals surface area (Å²) in [4.78, 5) is 2.15. The lowest BCUT2D eigenvalue weighted by Gasteiger charge is -2.24. The van der Waals surface area contributed by atoms with E-state index in [4.69, 9.17) is 5.73 Å². The van der Waals surface area contributed by atoms with Gasteiger partial charge in [0, 0.05) is 30.3 Å². The molecule has 16 heavy (non-hydrogen) atoms. The van der Waals surface area contributed by atoms with E-state index in [1.807, 2.05) is 19.2 Å². The quantitative estimate of drug-likeness (QED) is 0.832. The Morgan fingerprint density at radius 3 is 2.56 bits per heavy atom. The van der Waals surface area contributed by atoms with Gasteiger partial charge in [0.2, 0.25) is 0 Å². The zero-order chi connectivity index (χ0) is 12.1. The summed E-state index contributed by atoms with van der Waals surface area (Å²) in [5.74, 6) is -0.153. The first-order valence-electron chi connectivity index (χ1n) is 5.76. The molecule has 3 heteroatoms. The maximum atomic E-state index is 13.9. The van der Waals surface area contributed by atoms with Crippen LogP contribution in [0.4, 0.5) is 4.39 Å². The van der Waals surface area contributed by atoms with Crippen molar-refractivity contribution in [2.75, 3.05) is 7.05 Å². The van der Waals surface area contributed by atoms with Crippen molar-refractivity contribution in [2.24, 2.45) is 5.73 Å². The third-order valence-electron chi connectivity index (χ3n) is 3.14. The van der Waals surface area contributed by atoms with E-state index in [1.165, 1.54) is 0 Å². The van der Waals surface area contributed by atoms with Crippen molar-refractivity contribution < 1.29 is 4.39 Å². The predicted octanol–water partition coefficient (Wildman–Crippen LogP) is 2.51. The number of hydrogen-bond donors (Lipinski definition) is 1. The number of benzene rings is 1. The van der Waals surface area contributed by atoms with Crippen molar-refractivity contribution in [3.63, 3.8) is 0 Å². The molecular formula is C13H21FN2. The zero-order valence-electron chi connectivity index (χ0n) is 10.3. The fraction of sp³-hybridized carbons (Fsp3) is 0.538. The Morgan fingerprint density at radius 2 is 2.00 bits per heavy atom. The van der Waals surface area contributed by atoms with Crippen LogP contribution in [0.3, 0.4) is 0 Å². The molecule has 90 valence electrons. The van der Waals surface area contributed by atoms with Gasteiger partial charge >= 0.3 is 0 Å². The highest BCUT2D eigenvalue weighted by Crippen LogP contribution is 2.15. The van der Waals surface area contributed by atoms with Crippen molar-refractivity contribution >= 4 is 0 Å². The Bertz CT molecular complexity index is 339. The largest absolute Gasteiger partial charge is 0.326 e. The second-order valence-corrected chi connectivity index (χ2v) is 4.27. The Kier molecular flexibility index (Phi) is 4.90. The standard InChI is InChI=1S/C13H21FN2/c1-4-10(2)16(3)9-12-7-5-6-11(8-15)13(12)14/h5-7,10H,4,8-9,15H2,1-3H3. The molecule has 1 unspecified atom stereocenters. The summed E-state index contributed by atoms with van der Waals surface area (Å²) in [6.45, 7) is 5.17. The van der Waals surface area contributed by atoms with Crippen LogP contribution < -0.4 is 5.73 Å². The maximum absolute atomic E-state index is 13.9. The second-order valence-electron chi connectivity index (χ2n) is 4.27. The van der Waals surface area contributed by atoms with E-state index in [9.17, 15) is 4.39 Å². The van der Waals surface area contributed by atoms with E-state index in [2.05, 4.69) is 18.7 Å². The van der Waals surface area contributed by atoms with Gasteiger partial charge in [-0.2, -0.15) is 0 Å². The van der Waals surface area contributed by atoms with Crippen LogP contribution in [0.25, 0.3) is 0 Å². The molecule has 1 atom stereocenters. The van der Waals surface area contributed by atoms with Gasteiger partial charge in [0.25, 0.3) is 0 Å². The molecular weight excluding hydrogens is 203 g/mol. The van der Waals surface area contributed by atoms with E-state index in [-0.39, 0.29) is 12.4 Å². The van der Waals surface area contributed by atoms with Crippen molar-refractivity contribution in [3.8, 4) is 0 Å². The molecule has 0 aliphatic rings. The minimum absolute atomic E-state index is 0.153. The van der Waals surface area contributed by atoms with Gasteiger partial charge in [0.15, 0.2) is 0 Å². The molecule has 0 saturated carbocycles. The molecule has 2 nitrogen and oxygen atoms in total. The van der Waals surface area contributed by atoms with Crippen molar-refractivity contribution in [1.82, 2.24) is 4.90 Å². The molecule has 0 saturated heterocycles. The summed E-state index contributed by atoms with van der Waals surface area (Å²) in [7, 11) is 2.02. The monoisotopic (exact) mass is 224 g/mol. The number of rotatable bonds is 5. The summed E-state index contributed by atoms with van der Waals surface area (Å²) in [6, 6.07) is 5.89. The second kappa shape index (κ2) is 5.97. The van der Waals surface area contributed by atoms with Gasteiger partial charge in [0.05, 0.1) is 0 Å². The lowest BCUT2D eigenvalue weighted by molar-refractivity contribution is 0.240. The Labute approximate surface area is 97.3 Å². The molecule has 1 aromatic rings. The minimum Gasteiger partial charge on any atom is -0.326 e. The van der Waals surface area contributed by atoms with Crippen molar-refractivity contribution in [2.45, 2.75) is 39.4 Å². The predicted molar refractivity (Wildman–Crippen MR) is 65.5 cm³/mol. The maximum Gasteiger partial charge on any atom is 0.132 e. The lowest BCUT2D eigenvalue weighted by Crippen LogP contribution is -2.28. The van der Waals surface area contributed by atoms with Gasteiger partial charge in [-0.25, -0.2) is 4.39 Å². The summed E-state index contributed by atoms with van der Waals surface area (Å²) < 4.78 is 13.9. The average molecular weight is 224 g/mol. The highest BCUT2D eigenvalue weighted by molar-refractivity contribution is 5.25. The van der Waals surface area contributed by atoms with E-state index < -0.39 is 0 Å². The molecule has 0 bridgehead atoms. The van der Waals surface area contributed by atoms with Gasteiger partial charge in [-0.15, -0.1) is 0 Å². The van der Waals surface area contributed by atoms with Gasteiger partial charge in [0.1, 0.15) is 5.82 Å². The van der Waals surface area contributed by atoms with Gasteiger partial charge in [-0.3, -0.25) is 4.90 Å². The number of nitrogens with zero attached hydrogens (tertiary/aromatic N) is 1. The number of hydrogen-bond acceptors (Lipinski definition) is 2. The summed E-state index contributed by atoms with van der Waals surface area (Å²) >= 11 is 0. The third kappa shape index (κ3) is 3.03. The first kappa shape index (κ1) is 13.1. The van der Waals surface area contributed by atoms with Crippen LogP contribution in [-0.4, -0.2) is 18.0 Å². The highest BCUT2D eigenvalue weighted by Gasteiger charge is 2.12. The molecule has 0 amide bonds. The molecule has 0 spiro atoms. The first-order valence-corrected chi connectivity index (χ1v) is 5.76. The Morgan fingerprint density at radius 1 is 1.38 bits per heavy atom. The normalized spacial score (nSPS) is 13.1. The minimum atomic E-state index is -0.153. The fourth-order valence-corrected chi connectivity index (χ4v) is 1.65. The molecule has 0 aromatic heterocycles. The van der Waals surface area contributed by atoms with Crippen LogP contribution in [0.5, 0.6) is 0 Å². The number of nitrogens with two attached hydrogens (primary N) is 1. The van der Waals surface area contributed by atoms with Crippen molar-refractivity contribution in [1.29, 1.82) is 0 Å². The first-order chi connectivity index (χ1) is 7.60. The summed E-state index contributed by atoms with van der Waals surface area (Å²) in [5, 5.41) is 0. The molecule has 0 aliphatic heterocycles. The molecule has 0 radical (unpaired) electrons. The lowest BCUT2D eigenvalue weighted by atomic mass is 10.1. The topological polar surface area (TPSA) is 29.3 Å². The SMILES string of the molecule is CCC(C)N(C)Cc1cccc(CN)c1F. The van der Waals surface area contributed by atoms with Crippen LogP contribution in [0, 0.1) is 5.82 Å². The van der Waals surface area contributed by atoms with Crippen LogP contribution in [0.2, 0.25) is 0 Å². The summed E-state index contributed by atoms with van der Waals surface area (Å²) in [6.07, 6.45) is 1.06. The van der Waals surface area contributed by atoms with E-state index in [0.717, 1.165) is 12.0 Å². The van der Waals surface area contributed by atoms with E-state index in [0.29, 0.717) is 18.2 Å². The van der Waals surface area contributed by atoms with Crippen LogP contribution in [0.1, 0.15) is 31.4 Å². The smallest absolute Gasteiger partial charge is 0.132 e. The van der Waals surface area contributed by atoms with Gasteiger partial charge in [-0.05, 0) is 20.4 Å². The molecule has 0 heterocycles. The highest BCUT2D eigenvalue weighted by atomic mass is 19.1. The zero-order valence-corrected chi connectivity index (χ0v) is 10.3. The Balaban J connectivity index is 2.81. The van der Waals surface area contributed by atoms with Gasteiger partial charge in [-0.1, -0.05) is 25.1 Å².